The molecule has 0 radical (unpaired) electrons. The molecule has 0 saturated carbocycles. The molecule has 28 heavy (non-hydrogen) atoms. The number of esters is 1. The number of rotatable bonds is 6. The van der Waals surface area contributed by atoms with E-state index in [2.05, 4.69) is 6.58 Å². The Kier molecular flexibility index (Phi) is 5.67. The summed E-state index contributed by atoms with van der Waals surface area (Å²) >= 11 is 0. The van der Waals surface area contributed by atoms with Gasteiger partial charge in [-0.05, 0) is 43.3 Å². The van der Waals surface area contributed by atoms with Crippen molar-refractivity contribution in [2.45, 2.75) is 11.8 Å². The van der Waals surface area contributed by atoms with Crippen molar-refractivity contribution in [3.63, 3.8) is 0 Å². The van der Waals surface area contributed by atoms with Crippen LogP contribution in [0.15, 0.2) is 77.4 Å². The summed E-state index contributed by atoms with van der Waals surface area (Å²) in [7, 11) is -2.08. The first-order valence-electron chi connectivity index (χ1n) is 8.62. The lowest BCUT2D eigenvalue weighted by Gasteiger charge is -2.17. The Morgan fingerprint density at radius 3 is 2.32 bits per heavy atom. The van der Waals surface area contributed by atoms with Crippen LogP contribution in [-0.2, 0) is 14.8 Å². The van der Waals surface area contributed by atoms with Gasteiger partial charge >= 0.3 is 5.97 Å². The molecule has 0 saturated heterocycles. The number of hydrogen-bond donors (Lipinski definition) is 0. The van der Waals surface area contributed by atoms with E-state index < -0.39 is 16.0 Å². The highest BCUT2D eigenvalue weighted by atomic mass is 32.2. The van der Waals surface area contributed by atoms with Crippen LogP contribution >= 0.6 is 0 Å². The minimum atomic E-state index is -3.62. The van der Waals surface area contributed by atoms with Crippen LogP contribution in [0.5, 0.6) is 5.75 Å². The Bertz CT molecular complexity index is 1020. The Morgan fingerprint density at radius 1 is 1.07 bits per heavy atom. The van der Waals surface area contributed by atoms with Crippen LogP contribution in [0.2, 0.25) is 0 Å². The zero-order valence-corrected chi connectivity index (χ0v) is 16.5. The summed E-state index contributed by atoms with van der Waals surface area (Å²) in [4.78, 5) is 12.5. The maximum absolute atomic E-state index is 12.8. The molecule has 6 nitrogen and oxygen atoms in total. The van der Waals surface area contributed by atoms with Gasteiger partial charge in [0.25, 0.3) is 0 Å². The number of benzene rings is 2. The van der Waals surface area contributed by atoms with Crippen molar-refractivity contribution < 1.29 is 22.7 Å². The summed E-state index contributed by atoms with van der Waals surface area (Å²) in [5, 5.41) is 0. The summed E-state index contributed by atoms with van der Waals surface area (Å²) in [6, 6.07) is 13.2. The predicted molar refractivity (Wildman–Crippen MR) is 106 cm³/mol. The summed E-state index contributed by atoms with van der Waals surface area (Å²) in [6.45, 7) is 5.98. The van der Waals surface area contributed by atoms with E-state index in [1.54, 1.807) is 54.6 Å². The van der Waals surface area contributed by atoms with Gasteiger partial charge in [0.15, 0.2) is 0 Å². The van der Waals surface area contributed by atoms with E-state index in [9.17, 15) is 13.2 Å². The van der Waals surface area contributed by atoms with Crippen LogP contribution < -0.4 is 4.74 Å². The van der Waals surface area contributed by atoms with E-state index in [1.165, 1.54) is 11.4 Å². The van der Waals surface area contributed by atoms with Gasteiger partial charge < -0.3 is 9.47 Å². The molecule has 0 aromatic heterocycles. The van der Waals surface area contributed by atoms with Crippen molar-refractivity contribution in [3.8, 4) is 5.75 Å². The smallest absolute Gasteiger partial charge is 0.343 e. The summed E-state index contributed by atoms with van der Waals surface area (Å²) < 4.78 is 37.2. The topological polar surface area (TPSA) is 72.9 Å². The van der Waals surface area contributed by atoms with E-state index in [1.807, 2.05) is 6.92 Å². The minimum Gasteiger partial charge on any atom is -0.497 e. The lowest BCUT2D eigenvalue weighted by atomic mass is 10.2. The highest BCUT2D eigenvalue weighted by molar-refractivity contribution is 7.89. The van der Waals surface area contributed by atoms with E-state index in [4.69, 9.17) is 9.47 Å². The van der Waals surface area contributed by atoms with Crippen molar-refractivity contribution in [3.05, 3.63) is 83.6 Å². The third kappa shape index (κ3) is 4.16. The third-order valence-corrected chi connectivity index (χ3v) is 6.27. The first kappa shape index (κ1) is 19.9. The molecule has 1 aliphatic heterocycles. The lowest BCUT2D eigenvalue weighted by Crippen LogP contribution is -2.29. The van der Waals surface area contributed by atoms with Crippen molar-refractivity contribution in [1.82, 2.24) is 4.31 Å². The summed E-state index contributed by atoms with van der Waals surface area (Å²) in [5.74, 6) is 0.210. The fourth-order valence-corrected chi connectivity index (χ4v) is 4.10. The van der Waals surface area contributed by atoms with Gasteiger partial charge in [-0.15, -0.1) is 0 Å². The standard InChI is InChI=1S/C21H21NO5S/c1-15-4-10-20(11-5-15)28(24,25)22-13-12-18(14-22)16(2)27-21(23)17-6-8-19(26-3)9-7-17/h4-12H,2,13-14H2,1,3H3. The minimum absolute atomic E-state index is 0.102. The van der Waals surface area contributed by atoms with E-state index in [0.29, 0.717) is 16.9 Å². The maximum Gasteiger partial charge on any atom is 0.343 e. The predicted octanol–water partition coefficient (Wildman–Crippen LogP) is 3.31. The first-order valence-corrected chi connectivity index (χ1v) is 10.1. The van der Waals surface area contributed by atoms with Gasteiger partial charge in [0.2, 0.25) is 10.0 Å². The number of hydrogen-bond acceptors (Lipinski definition) is 5. The van der Waals surface area contributed by atoms with Crippen LogP contribution in [0.1, 0.15) is 15.9 Å². The molecule has 0 bridgehead atoms. The molecular formula is C21H21NO5S. The average Bonchev–Trinajstić information content (AvgIpc) is 3.19. The molecule has 1 aliphatic rings. The summed E-state index contributed by atoms with van der Waals surface area (Å²) in [5.41, 5.74) is 1.90. The normalized spacial score (nSPS) is 14.4. The van der Waals surface area contributed by atoms with Crippen LogP contribution in [0.4, 0.5) is 0 Å². The Labute approximate surface area is 164 Å². The van der Waals surface area contributed by atoms with Crippen LogP contribution in [0.3, 0.4) is 0 Å². The molecular weight excluding hydrogens is 378 g/mol. The zero-order chi connectivity index (χ0) is 20.3. The van der Waals surface area contributed by atoms with Gasteiger partial charge in [-0.1, -0.05) is 30.4 Å². The zero-order valence-electron chi connectivity index (χ0n) is 15.7. The third-order valence-electron chi connectivity index (χ3n) is 4.45. The number of aryl methyl sites for hydroxylation is 1. The molecule has 1 heterocycles. The van der Waals surface area contributed by atoms with E-state index in [0.717, 1.165) is 5.56 Å². The van der Waals surface area contributed by atoms with Crippen molar-refractivity contribution in [2.24, 2.45) is 0 Å². The van der Waals surface area contributed by atoms with Gasteiger partial charge in [0.05, 0.1) is 17.6 Å². The van der Waals surface area contributed by atoms with Gasteiger partial charge in [-0.2, -0.15) is 4.31 Å². The van der Waals surface area contributed by atoms with Crippen molar-refractivity contribution in [2.75, 3.05) is 20.2 Å². The second-order valence-electron chi connectivity index (χ2n) is 6.38. The highest BCUT2D eigenvalue weighted by Gasteiger charge is 2.29. The fraction of sp³-hybridized carbons (Fsp3) is 0.190. The lowest BCUT2D eigenvalue weighted by molar-refractivity contribution is 0.0633. The van der Waals surface area contributed by atoms with Gasteiger partial charge in [-0.25, -0.2) is 13.2 Å². The molecule has 146 valence electrons. The number of nitrogens with zero attached hydrogens (tertiary/aromatic N) is 1. The number of sulfonamides is 1. The molecule has 0 amide bonds. The van der Waals surface area contributed by atoms with Gasteiger partial charge in [0, 0.05) is 18.7 Å². The van der Waals surface area contributed by atoms with Crippen LogP contribution in [0.25, 0.3) is 0 Å². The second kappa shape index (κ2) is 8.00. The SMILES string of the molecule is C=C(OC(=O)c1ccc(OC)cc1)C1=CCN(S(=O)(=O)c2ccc(C)cc2)C1. The highest BCUT2D eigenvalue weighted by Crippen LogP contribution is 2.25. The van der Waals surface area contributed by atoms with Gasteiger partial charge in [0.1, 0.15) is 11.5 Å². The van der Waals surface area contributed by atoms with Crippen molar-refractivity contribution in [1.29, 1.82) is 0 Å². The molecule has 0 aliphatic carbocycles. The number of carbonyl (C=O) groups is 1. The molecule has 3 rings (SSSR count). The Hall–Kier alpha value is -2.90. The molecule has 0 N–H and O–H groups in total. The Balaban J connectivity index is 1.64. The molecule has 2 aromatic rings. The van der Waals surface area contributed by atoms with Crippen molar-refractivity contribution >= 4 is 16.0 Å². The first-order chi connectivity index (χ1) is 13.3. The monoisotopic (exact) mass is 399 g/mol. The largest absolute Gasteiger partial charge is 0.497 e. The van der Waals surface area contributed by atoms with E-state index >= 15 is 0 Å². The molecule has 7 heteroatoms. The maximum atomic E-state index is 12.8. The van der Waals surface area contributed by atoms with Crippen LogP contribution in [-0.4, -0.2) is 38.9 Å². The van der Waals surface area contributed by atoms with E-state index in [-0.39, 0.29) is 23.7 Å². The molecule has 2 aromatic carbocycles. The van der Waals surface area contributed by atoms with Gasteiger partial charge in [-0.3, -0.25) is 0 Å². The molecule has 0 atom stereocenters. The molecule has 0 unspecified atom stereocenters. The van der Waals surface area contributed by atoms with Crippen LogP contribution in [0, 0.1) is 6.92 Å². The summed E-state index contributed by atoms with van der Waals surface area (Å²) in [6.07, 6.45) is 1.70. The quantitative estimate of drug-likeness (QED) is 0.550. The second-order valence-corrected chi connectivity index (χ2v) is 8.32. The number of ether oxygens (including phenoxy) is 2. The number of carbonyl (C=O) groups excluding carboxylic acids is 1. The molecule has 0 spiro atoms. The number of methoxy groups -OCH3 is 1. The Morgan fingerprint density at radius 2 is 1.71 bits per heavy atom. The molecule has 0 fully saturated rings. The fourth-order valence-electron chi connectivity index (χ4n) is 2.74. The average molecular weight is 399 g/mol.